The number of benzene rings is 1. The number of aromatic nitrogens is 2. The average Bonchev–Trinajstić information content (AvgIpc) is 2.65. The van der Waals surface area contributed by atoms with E-state index >= 15 is 0 Å². The summed E-state index contributed by atoms with van der Waals surface area (Å²) in [7, 11) is 0. The highest BCUT2D eigenvalue weighted by Gasteiger charge is 2.30. The summed E-state index contributed by atoms with van der Waals surface area (Å²) in [5, 5.41) is 0.731. The summed E-state index contributed by atoms with van der Waals surface area (Å²) in [6.45, 7) is 2.30. The molecular formula is C14H16Cl2N2. The fourth-order valence-electron chi connectivity index (χ4n) is 2.87. The van der Waals surface area contributed by atoms with Crippen LogP contribution in [-0.2, 0) is 6.42 Å². The highest BCUT2D eigenvalue weighted by atomic mass is 35.5. The summed E-state index contributed by atoms with van der Waals surface area (Å²) in [5.74, 6) is 2.49. The highest BCUT2D eigenvalue weighted by Crippen LogP contribution is 2.40. The predicted octanol–water partition coefficient (Wildman–Crippen LogP) is 4.44. The van der Waals surface area contributed by atoms with Gasteiger partial charge in [-0.05, 0) is 30.9 Å². The molecule has 1 aromatic heterocycles. The summed E-state index contributed by atoms with van der Waals surface area (Å²) >= 11 is 12.1. The third kappa shape index (κ3) is 1.92. The van der Waals surface area contributed by atoms with Crippen LogP contribution in [0.15, 0.2) is 18.2 Å². The van der Waals surface area contributed by atoms with Crippen LogP contribution in [0.3, 0.4) is 0 Å². The van der Waals surface area contributed by atoms with Crippen LogP contribution in [0.2, 0.25) is 5.02 Å². The molecule has 18 heavy (non-hydrogen) atoms. The highest BCUT2D eigenvalue weighted by molar-refractivity contribution is 6.34. The Bertz CT molecular complexity index is 570. The molecule has 0 spiro atoms. The number of alkyl halides is 1. The van der Waals surface area contributed by atoms with Gasteiger partial charge in [0.2, 0.25) is 0 Å². The van der Waals surface area contributed by atoms with Gasteiger partial charge in [-0.15, -0.1) is 11.6 Å². The van der Waals surface area contributed by atoms with Crippen molar-refractivity contribution in [3.05, 3.63) is 29.0 Å². The first-order valence-corrected chi connectivity index (χ1v) is 7.33. The molecule has 1 aliphatic rings. The van der Waals surface area contributed by atoms with Gasteiger partial charge < -0.3 is 4.57 Å². The summed E-state index contributed by atoms with van der Waals surface area (Å²) < 4.78 is 2.35. The van der Waals surface area contributed by atoms with Crippen LogP contribution in [0.25, 0.3) is 11.0 Å². The van der Waals surface area contributed by atoms with Crippen LogP contribution < -0.4 is 0 Å². The van der Waals surface area contributed by atoms with Crippen molar-refractivity contribution in [3.63, 3.8) is 0 Å². The lowest BCUT2D eigenvalue weighted by atomic mass is 9.81. The van der Waals surface area contributed by atoms with E-state index in [2.05, 4.69) is 22.5 Å². The van der Waals surface area contributed by atoms with Gasteiger partial charge in [-0.1, -0.05) is 24.6 Å². The van der Waals surface area contributed by atoms with Crippen LogP contribution in [0.1, 0.15) is 31.6 Å². The molecule has 2 aromatic rings. The molecule has 0 aliphatic heterocycles. The van der Waals surface area contributed by atoms with Crippen LogP contribution in [0.5, 0.6) is 0 Å². The number of aryl methyl sites for hydroxylation is 1. The first-order valence-electron chi connectivity index (χ1n) is 6.42. The average molecular weight is 283 g/mol. The zero-order chi connectivity index (χ0) is 12.7. The van der Waals surface area contributed by atoms with Crippen LogP contribution in [0.4, 0.5) is 0 Å². The zero-order valence-electron chi connectivity index (χ0n) is 10.4. The molecule has 3 rings (SSSR count). The van der Waals surface area contributed by atoms with Gasteiger partial charge in [-0.25, -0.2) is 4.98 Å². The molecule has 1 aromatic carbocycles. The normalized spacial score (nSPS) is 23.3. The predicted molar refractivity (Wildman–Crippen MR) is 76.6 cm³/mol. The minimum Gasteiger partial charge on any atom is -0.325 e. The third-order valence-corrected chi connectivity index (χ3v) is 4.27. The van der Waals surface area contributed by atoms with Gasteiger partial charge in [0.25, 0.3) is 0 Å². The summed E-state index contributed by atoms with van der Waals surface area (Å²) in [5.41, 5.74) is 2.07. The Kier molecular flexibility index (Phi) is 3.25. The summed E-state index contributed by atoms with van der Waals surface area (Å²) in [6, 6.07) is 6.57. The molecule has 0 atom stereocenters. The Labute approximate surface area is 117 Å². The molecule has 2 nitrogen and oxygen atoms in total. The molecule has 4 heteroatoms. The van der Waals surface area contributed by atoms with Crippen molar-refractivity contribution in [2.45, 2.75) is 32.2 Å². The van der Waals surface area contributed by atoms with Crippen molar-refractivity contribution in [1.82, 2.24) is 9.55 Å². The van der Waals surface area contributed by atoms with Gasteiger partial charge in [0.15, 0.2) is 0 Å². The van der Waals surface area contributed by atoms with E-state index in [1.54, 1.807) is 0 Å². The van der Waals surface area contributed by atoms with Crippen molar-refractivity contribution in [1.29, 1.82) is 0 Å². The van der Waals surface area contributed by atoms with Crippen molar-refractivity contribution in [3.8, 4) is 0 Å². The maximum atomic E-state index is 6.23. The molecule has 0 bridgehead atoms. The minimum absolute atomic E-state index is 0.571. The lowest BCUT2D eigenvalue weighted by Gasteiger charge is -2.35. The van der Waals surface area contributed by atoms with Crippen LogP contribution in [0, 0.1) is 5.92 Å². The van der Waals surface area contributed by atoms with Crippen molar-refractivity contribution in [2.24, 2.45) is 5.92 Å². The van der Waals surface area contributed by atoms with E-state index in [0.717, 1.165) is 34.2 Å². The first kappa shape index (κ1) is 12.3. The zero-order valence-corrected chi connectivity index (χ0v) is 11.9. The van der Waals surface area contributed by atoms with E-state index in [1.165, 1.54) is 12.8 Å². The smallest absolute Gasteiger partial charge is 0.111 e. The van der Waals surface area contributed by atoms with Gasteiger partial charge in [0.1, 0.15) is 11.3 Å². The molecule has 96 valence electrons. The molecule has 0 amide bonds. The standard InChI is InChI=1S/C14H16Cl2N2/c1-9-7-10(8-9)18-12-4-2-3-11(16)14(12)17-13(18)5-6-15/h2-4,9-10H,5-8H2,1H3. The SMILES string of the molecule is CC1CC(n2c(CCCl)nc3c(Cl)cccc32)C1. The van der Waals surface area contributed by atoms with Crippen molar-refractivity contribution >= 4 is 34.2 Å². The lowest BCUT2D eigenvalue weighted by Crippen LogP contribution is -2.26. The molecular weight excluding hydrogens is 267 g/mol. The lowest BCUT2D eigenvalue weighted by molar-refractivity contribution is 0.217. The molecule has 1 saturated carbocycles. The van der Waals surface area contributed by atoms with Crippen molar-refractivity contribution < 1.29 is 0 Å². The molecule has 0 N–H and O–H groups in total. The monoisotopic (exact) mass is 282 g/mol. The molecule has 1 fully saturated rings. The maximum absolute atomic E-state index is 6.23. The second-order valence-electron chi connectivity index (χ2n) is 5.17. The number of halogens is 2. The van der Waals surface area contributed by atoms with E-state index in [4.69, 9.17) is 23.2 Å². The second-order valence-corrected chi connectivity index (χ2v) is 5.96. The molecule has 0 saturated heterocycles. The van der Waals surface area contributed by atoms with E-state index in [1.807, 2.05) is 12.1 Å². The second kappa shape index (κ2) is 4.75. The fourth-order valence-corrected chi connectivity index (χ4v) is 3.25. The number of hydrogen-bond donors (Lipinski definition) is 0. The number of rotatable bonds is 3. The largest absolute Gasteiger partial charge is 0.325 e. The van der Waals surface area contributed by atoms with E-state index < -0.39 is 0 Å². The Hall–Kier alpha value is -0.730. The molecule has 1 heterocycles. The summed E-state index contributed by atoms with van der Waals surface area (Å²) in [4.78, 5) is 4.68. The molecule has 1 aliphatic carbocycles. The Morgan fingerprint density at radius 2 is 2.17 bits per heavy atom. The molecule has 0 radical (unpaired) electrons. The number of imidazole rings is 1. The van der Waals surface area contributed by atoms with Gasteiger partial charge in [-0.3, -0.25) is 0 Å². The van der Waals surface area contributed by atoms with Crippen molar-refractivity contribution in [2.75, 3.05) is 5.88 Å². The Morgan fingerprint density at radius 1 is 1.39 bits per heavy atom. The maximum Gasteiger partial charge on any atom is 0.111 e. The summed E-state index contributed by atoms with van der Waals surface area (Å²) in [6.07, 6.45) is 3.26. The van der Waals surface area contributed by atoms with E-state index in [0.29, 0.717) is 11.9 Å². The van der Waals surface area contributed by atoms with Gasteiger partial charge in [0, 0.05) is 18.3 Å². The number of para-hydroxylation sites is 1. The van der Waals surface area contributed by atoms with E-state index in [9.17, 15) is 0 Å². The van der Waals surface area contributed by atoms with Gasteiger partial charge >= 0.3 is 0 Å². The topological polar surface area (TPSA) is 17.8 Å². The van der Waals surface area contributed by atoms with Crippen LogP contribution in [-0.4, -0.2) is 15.4 Å². The third-order valence-electron chi connectivity index (χ3n) is 3.78. The number of nitrogens with zero attached hydrogens (tertiary/aromatic N) is 2. The fraction of sp³-hybridized carbons (Fsp3) is 0.500. The van der Waals surface area contributed by atoms with Crippen LogP contribution >= 0.6 is 23.2 Å². The molecule has 0 unspecified atom stereocenters. The minimum atomic E-state index is 0.571. The quantitative estimate of drug-likeness (QED) is 0.761. The van der Waals surface area contributed by atoms with E-state index in [-0.39, 0.29) is 0 Å². The first-order chi connectivity index (χ1) is 8.70. The van der Waals surface area contributed by atoms with Gasteiger partial charge in [-0.2, -0.15) is 0 Å². The Morgan fingerprint density at radius 3 is 2.83 bits per heavy atom. The number of fused-ring (bicyclic) bond motifs is 1. The number of hydrogen-bond acceptors (Lipinski definition) is 1. The Balaban J connectivity index is 2.13. The van der Waals surface area contributed by atoms with Gasteiger partial charge in [0.05, 0.1) is 10.5 Å².